The lowest BCUT2D eigenvalue weighted by atomic mass is 9.73. The van der Waals surface area contributed by atoms with Gasteiger partial charge in [-0.3, -0.25) is 14.5 Å². The summed E-state index contributed by atoms with van der Waals surface area (Å²) in [4.78, 5) is 41.7. The quantitative estimate of drug-likeness (QED) is 0.742. The number of nitrogens with one attached hydrogen (secondary N) is 1. The molecule has 1 aliphatic carbocycles. The van der Waals surface area contributed by atoms with Crippen molar-refractivity contribution in [3.8, 4) is 0 Å². The molecule has 2 heterocycles. The Bertz CT molecular complexity index is 912. The maximum absolute atomic E-state index is 13.2. The molecule has 4 rings (SSSR count). The third-order valence-corrected chi connectivity index (χ3v) is 6.29. The Morgan fingerprint density at radius 3 is 2.67 bits per heavy atom. The van der Waals surface area contributed by atoms with Gasteiger partial charge in [0.2, 0.25) is 5.91 Å². The van der Waals surface area contributed by atoms with Crippen LogP contribution in [0.5, 0.6) is 0 Å². The fourth-order valence-electron chi connectivity index (χ4n) is 4.50. The van der Waals surface area contributed by atoms with Crippen molar-refractivity contribution in [3.63, 3.8) is 0 Å². The van der Waals surface area contributed by atoms with Crippen LogP contribution in [0.4, 0.5) is 4.79 Å². The number of imide groups is 1. The highest BCUT2D eigenvalue weighted by atomic mass is 16.3. The largest absolute Gasteiger partial charge is 0.467 e. The second kappa shape index (κ2) is 8.34. The van der Waals surface area contributed by atoms with Crippen LogP contribution in [0.25, 0.3) is 0 Å². The number of urea groups is 1. The Morgan fingerprint density at radius 1 is 1.17 bits per heavy atom. The molecule has 1 spiro atoms. The number of hydrogen-bond acceptors (Lipinski definition) is 4. The van der Waals surface area contributed by atoms with E-state index in [2.05, 4.69) is 5.32 Å². The van der Waals surface area contributed by atoms with Gasteiger partial charge in [-0.25, -0.2) is 4.79 Å². The molecule has 1 saturated heterocycles. The Balaban J connectivity index is 1.51. The van der Waals surface area contributed by atoms with Crippen LogP contribution in [0.1, 0.15) is 43.9 Å². The molecule has 158 valence electrons. The average Bonchev–Trinajstić information content (AvgIpc) is 3.33. The summed E-state index contributed by atoms with van der Waals surface area (Å²) in [5.74, 6) is 0.144. The van der Waals surface area contributed by atoms with Crippen LogP contribution < -0.4 is 5.32 Å². The lowest BCUT2D eigenvalue weighted by molar-refractivity contribution is -0.141. The van der Waals surface area contributed by atoms with Crippen LogP contribution in [0, 0.1) is 5.92 Å². The molecule has 7 nitrogen and oxygen atoms in total. The van der Waals surface area contributed by atoms with E-state index < -0.39 is 11.6 Å². The van der Waals surface area contributed by atoms with Crippen molar-refractivity contribution < 1.29 is 18.8 Å². The minimum atomic E-state index is -0.860. The van der Waals surface area contributed by atoms with Crippen molar-refractivity contribution in [2.45, 2.75) is 51.2 Å². The summed E-state index contributed by atoms with van der Waals surface area (Å²) in [6.45, 7) is 2.37. The first-order valence-corrected chi connectivity index (χ1v) is 10.5. The molecule has 1 aliphatic heterocycles. The van der Waals surface area contributed by atoms with E-state index >= 15 is 0 Å². The van der Waals surface area contributed by atoms with E-state index in [4.69, 9.17) is 4.42 Å². The van der Waals surface area contributed by atoms with Crippen LogP contribution >= 0.6 is 0 Å². The van der Waals surface area contributed by atoms with Crippen LogP contribution in [0.15, 0.2) is 53.1 Å². The SMILES string of the molecule is CC1CCCCC12NC(=O)N(CC(=O)N(Cc1ccccc1)Cc1ccco1)C2=O. The smallest absolute Gasteiger partial charge is 0.325 e. The molecule has 1 N–H and O–H groups in total. The zero-order valence-electron chi connectivity index (χ0n) is 17.2. The Hall–Kier alpha value is -3.09. The number of nitrogens with zero attached hydrogens (tertiary/aromatic N) is 2. The molecule has 1 aromatic heterocycles. The van der Waals surface area contributed by atoms with Crippen molar-refractivity contribution >= 4 is 17.8 Å². The number of benzene rings is 1. The summed E-state index contributed by atoms with van der Waals surface area (Å²) in [6, 6.07) is 12.7. The molecule has 0 bridgehead atoms. The van der Waals surface area contributed by atoms with E-state index in [1.807, 2.05) is 37.3 Å². The fourth-order valence-corrected chi connectivity index (χ4v) is 4.50. The minimum absolute atomic E-state index is 0.0614. The summed E-state index contributed by atoms with van der Waals surface area (Å²) < 4.78 is 5.41. The topological polar surface area (TPSA) is 82.9 Å². The van der Waals surface area contributed by atoms with E-state index in [9.17, 15) is 14.4 Å². The van der Waals surface area contributed by atoms with Gasteiger partial charge in [0, 0.05) is 6.54 Å². The van der Waals surface area contributed by atoms with Crippen LogP contribution in [-0.2, 0) is 22.7 Å². The molecule has 2 aliphatic rings. The van der Waals surface area contributed by atoms with Crippen molar-refractivity contribution in [2.24, 2.45) is 5.92 Å². The summed E-state index contributed by atoms with van der Waals surface area (Å²) in [7, 11) is 0. The molecule has 1 aromatic carbocycles. The van der Waals surface area contributed by atoms with Crippen molar-refractivity contribution in [3.05, 3.63) is 60.1 Å². The van der Waals surface area contributed by atoms with E-state index in [0.717, 1.165) is 29.7 Å². The molecule has 0 radical (unpaired) electrons. The third kappa shape index (κ3) is 3.84. The minimum Gasteiger partial charge on any atom is -0.467 e. The summed E-state index contributed by atoms with van der Waals surface area (Å²) >= 11 is 0. The van der Waals surface area contributed by atoms with Gasteiger partial charge < -0.3 is 14.6 Å². The maximum atomic E-state index is 13.2. The normalized spacial score (nSPS) is 23.6. The van der Waals surface area contributed by atoms with Gasteiger partial charge in [-0.05, 0) is 36.5 Å². The molecule has 2 aromatic rings. The molecular weight excluding hydrogens is 382 g/mol. The lowest BCUT2D eigenvalue weighted by Crippen LogP contribution is -2.54. The molecular formula is C23H27N3O4. The first-order valence-electron chi connectivity index (χ1n) is 10.5. The van der Waals surface area contributed by atoms with Gasteiger partial charge in [0.05, 0.1) is 12.8 Å². The highest BCUT2D eigenvalue weighted by Crippen LogP contribution is 2.38. The van der Waals surface area contributed by atoms with Gasteiger partial charge in [-0.15, -0.1) is 0 Å². The lowest BCUT2D eigenvalue weighted by Gasteiger charge is -2.36. The number of carbonyl (C=O) groups is 3. The third-order valence-electron chi connectivity index (χ3n) is 6.29. The predicted octanol–water partition coefficient (Wildman–Crippen LogP) is 3.31. The van der Waals surface area contributed by atoms with Gasteiger partial charge >= 0.3 is 6.03 Å². The van der Waals surface area contributed by atoms with Gasteiger partial charge in [0.25, 0.3) is 5.91 Å². The monoisotopic (exact) mass is 409 g/mol. The second-order valence-electron chi connectivity index (χ2n) is 8.25. The van der Waals surface area contributed by atoms with Crippen LogP contribution in [-0.4, -0.2) is 39.7 Å². The Kier molecular flexibility index (Phi) is 5.61. The zero-order valence-corrected chi connectivity index (χ0v) is 17.2. The highest BCUT2D eigenvalue weighted by Gasteiger charge is 2.55. The van der Waals surface area contributed by atoms with E-state index in [1.165, 1.54) is 0 Å². The first kappa shape index (κ1) is 20.2. The number of furan rings is 1. The predicted molar refractivity (Wildman–Crippen MR) is 110 cm³/mol. The standard InChI is InChI=1S/C23H27N3O4/c1-17-8-5-6-12-23(17)21(28)26(22(29)24-23)16-20(27)25(15-19-11-7-13-30-19)14-18-9-3-2-4-10-18/h2-4,7,9-11,13,17H,5-6,8,12,14-16H2,1H3,(H,24,29). The second-order valence-corrected chi connectivity index (χ2v) is 8.25. The summed E-state index contributed by atoms with van der Waals surface area (Å²) in [5, 5.41) is 2.91. The molecule has 4 amide bonds. The first-order chi connectivity index (χ1) is 14.5. The number of amides is 4. The molecule has 2 unspecified atom stereocenters. The van der Waals surface area contributed by atoms with Crippen molar-refractivity contribution in [1.29, 1.82) is 0 Å². The van der Waals surface area contributed by atoms with Crippen LogP contribution in [0.2, 0.25) is 0 Å². The van der Waals surface area contributed by atoms with Gasteiger partial charge in [0.15, 0.2) is 0 Å². The van der Waals surface area contributed by atoms with Crippen molar-refractivity contribution in [2.75, 3.05) is 6.54 Å². The maximum Gasteiger partial charge on any atom is 0.325 e. The molecule has 2 fully saturated rings. The van der Waals surface area contributed by atoms with E-state index in [-0.39, 0.29) is 30.8 Å². The molecule has 30 heavy (non-hydrogen) atoms. The zero-order chi connectivity index (χ0) is 21.1. The number of hydrogen-bond donors (Lipinski definition) is 1. The van der Waals surface area contributed by atoms with Gasteiger partial charge in [-0.1, -0.05) is 50.1 Å². The van der Waals surface area contributed by atoms with E-state index in [1.54, 1.807) is 23.3 Å². The summed E-state index contributed by atoms with van der Waals surface area (Å²) in [6.07, 6.45) is 5.04. The average molecular weight is 409 g/mol. The Morgan fingerprint density at radius 2 is 1.97 bits per heavy atom. The summed E-state index contributed by atoms with van der Waals surface area (Å²) in [5.41, 5.74) is 0.105. The molecule has 7 heteroatoms. The molecule has 1 saturated carbocycles. The highest BCUT2D eigenvalue weighted by molar-refractivity contribution is 6.09. The molecule has 2 atom stereocenters. The van der Waals surface area contributed by atoms with Crippen LogP contribution in [0.3, 0.4) is 0 Å². The van der Waals surface area contributed by atoms with E-state index in [0.29, 0.717) is 18.7 Å². The van der Waals surface area contributed by atoms with Gasteiger partial charge in [0.1, 0.15) is 17.8 Å². The fraction of sp³-hybridized carbons (Fsp3) is 0.435. The van der Waals surface area contributed by atoms with Crippen molar-refractivity contribution in [1.82, 2.24) is 15.1 Å². The van der Waals surface area contributed by atoms with Gasteiger partial charge in [-0.2, -0.15) is 0 Å². The number of carbonyl (C=O) groups excluding carboxylic acids is 3. The Labute approximate surface area is 176 Å². The number of rotatable bonds is 6.